The summed E-state index contributed by atoms with van der Waals surface area (Å²) in [6, 6.07) is 9.71. The van der Waals surface area contributed by atoms with Gasteiger partial charge in [-0.25, -0.2) is 0 Å². The van der Waals surface area contributed by atoms with Crippen LogP contribution >= 0.6 is 43.2 Å². The Labute approximate surface area is 115 Å². The van der Waals surface area contributed by atoms with Crippen LogP contribution in [0.25, 0.3) is 10.4 Å². The number of alkyl halides is 1. The van der Waals surface area contributed by atoms with Crippen molar-refractivity contribution in [3.05, 3.63) is 45.7 Å². The van der Waals surface area contributed by atoms with Crippen LogP contribution in [-0.2, 0) is 0 Å². The van der Waals surface area contributed by atoms with Crippen LogP contribution in [0, 0.1) is 0 Å². The zero-order valence-electron chi connectivity index (χ0n) is 8.24. The molecule has 0 N–H and O–H groups in total. The zero-order chi connectivity index (χ0) is 11.5. The van der Waals surface area contributed by atoms with E-state index in [9.17, 15) is 4.79 Å². The van der Waals surface area contributed by atoms with Gasteiger partial charge in [-0.05, 0) is 32.9 Å². The van der Waals surface area contributed by atoms with E-state index in [1.54, 1.807) is 11.3 Å². The molecule has 0 amide bonds. The van der Waals surface area contributed by atoms with Crippen LogP contribution in [0.15, 0.2) is 40.2 Å². The number of ketones is 1. The summed E-state index contributed by atoms with van der Waals surface area (Å²) in [5.41, 5.74) is 1.88. The Bertz CT molecular complexity index is 502. The molecule has 4 heteroatoms. The molecule has 0 unspecified atom stereocenters. The van der Waals surface area contributed by atoms with Crippen molar-refractivity contribution < 1.29 is 4.79 Å². The molecule has 0 atom stereocenters. The fraction of sp³-hybridized carbons (Fsp3) is 0.0833. The number of hydrogen-bond acceptors (Lipinski definition) is 2. The maximum atomic E-state index is 11.4. The molecule has 0 aliphatic rings. The molecule has 0 aliphatic carbocycles. The van der Waals surface area contributed by atoms with E-state index < -0.39 is 0 Å². The highest BCUT2D eigenvalue weighted by Gasteiger charge is 2.07. The lowest BCUT2D eigenvalue weighted by Gasteiger charge is -2.01. The molecule has 0 saturated carbocycles. The molecule has 82 valence electrons. The predicted molar refractivity (Wildman–Crippen MR) is 75.6 cm³/mol. The van der Waals surface area contributed by atoms with Gasteiger partial charge < -0.3 is 0 Å². The lowest BCUT2D eigenvalue weighted by molar-refractivity contribution is 0.102. The molecule has 1 aromatic carbocycles. The molecule has 1 aromatic heterocycles. The van der Waals surface area contributed by atoms with Crippen LogP contribution in [0.3, 0.4) is 0 Å². The second kappa shape index (κ2) is 5.25. The molecule has 0 spiro atoms. The maximum Gasteiger partial charge on any atom is 0.173 e. The van der Waals surface area contributed by atoms with Gasteiger partial charge in [-0.15, -0.1) is 11.3 Å². The Morgan fingerprint density at radius 3 is 2.38 bits per heavy atom. The van der Waals surface area contributed by atoms with Crippen molar-refractivity contribution in [2.45, 2.75) is 0 Å². The average molecular weight is 360 g/mol. The number of thiophene rings is 1. The van der Waals surface area contributed by atoms with Crippen molar-refractivity contribution in [3.63, 3.8) is 0 Å². The molecule has 2 rings (SSSR count). The Morgan fingerprint density at radius 1 is 1.19 bits per heavy atom. The van der Waals surface area contributed by atoms with Gasteiger partial charge >= 0.3 is 0 Å². The third-order valence-electron chi connectivity index (χ3n) is 2.21. The molecule has 1 heterocycles. The van der Waals surface area contributed by atoms with Crippen molar-refractivity contribution in [1.82, 2.24) is 0 Å². The highest BCUT2D eigenvalue weighted by atomic mass is 79.9. The molecule has 0 radical (unpaired) electrons. The van der Waals surface area contributed by atoms with E-state index in [4.69, 9.17) is 0 Å². The van der Waals surface area contributed by atoms with Gasteiger partial charge in [0, 0.05) is 14.9 Å². The number of benzene rings is 1. The Balaban J connectivity index is 2.33. The first-order valence-corrected chi connectivity index (χ1v) is 7.44. The van der Waals surface area contributed by atoms with E-state index in [0.29, 0.717) is 5.33 Å². The number of rotatable bonds is 3. The van der Waals surface area contributed by atoms with Gasteiger partial charge in [-0.2, -0.15) is 0 Å². The summed E-state index contributed by atoms with van der Waals surface area (Å²) >= 11 is 8.35. The highest BCUT2D eigenvalue weighted by Crippen LogP contribution is 2.33. The second-order valence-corrected chi connectivity index (χ2v) is 5.56. The first kappa shape index (κ1) is 12.0. The summed E-state index contributed by atoms with van der Waals surface area (Å²) in [5, 5.41) is 2.41. The summed E-state index contributed by atoms with van der Waals surface area (Å²) in [5.74, 6) is 0.108. The Hall–Kier alpha value is -0.450. The quantitative estimate of drug-likeness (QED) is 0.570. The largest absolute Gasteiger partial charge is 0.293 e. The number of carbonyl (C=O) groups is 1. The monoisotopic (exact) mass is 358 g/mol. The molecule has 1 nitrogen and oxygen atoms in total. The zero-order valence-corrected chi connectivity index (χ0v) is 12.2. The van der Waals surface area contributed by atoms with Crippen LogP contribution in [-0.4, -0.2) is 11.1 Å². The summed E-state index contributed by atoms with van der Waals surface area (Å²) < 4.78 is 1.09. The van der Waals surface area contributed by atoms with E-state index in [2.05, 4.69) is 31.9 Å². The van der Waals surface area contributed by atoms with E-state index in [-0.39, 0.29) is 5.78 Å². The first-order chi connectivity index (χ1) is 7.72. The van der Waals surface area contributed by atoms with Crippen LogP contribution in [0.5, 0.6) is 0 Å². The molecule has 16 heavy (non-hydrogen) atoms. The summed E-state index contributed by atoms with van der Waals surface area (Å²) in [7, 11) is 0. The van der Waals surface area contributed by atoms with Crippen molar-refractivity contribution in [1.29, 1.82) is 0 Å². The number of Topliss-reactive ketones (excluding diaryl/α,β-unsaturated/α-hetero) is 1. The SMILES string of the molecule is O=C(CBr)c1ccc(-c2sccc2Br)cc1. The third-order valence-corrected chi connectivity index (χ3v) is 4.60. The molecule has 0 fully saturated rings. The predicted octanol–water partition coefficient (Wildman–Crippen LogP) is 4.76. The Kier molecular flexibility index (Phi) is 3.95. The lowest BCUT2D eigenvalue weighted by Crippen LogP contribution is -1.98. The molecule has 0 bridgehead atoms. The highest BCUT2D eigenvalue weighted by molar-refractivity contribution is 9.10. The lowest BCUT2D eigenvalue weighted by atomic mass is 10.1. The number of halogens is 2. The number of hydrogen-bond donors (Lipinski definition) is 0. The molecule has 2 aromatic rings. The van der Waals surface area contributed by atoms with Crippen LogP contribution in [0.1, 0.15) is 10.4 Å². The summed E-state index contributed by atoms with van der Waals surface area (Å²) in [6.45, 7) is 0. The maximum absolute atomic E-state index is 11.4. The van der Waals surface area contributed by atoms with Crippen molar-refractivity contribution >= 4 is 49.0 Å². The standard InChI is InChI=1S/C12H8Br2OS/c13-7-11(15)8-1-3-9(4-2-8)12-10(14)5-6-16-12/h1-6H,7H2. The van der Waals surface area contributed by atoms with Gasteiger partial charge in [0.1, 0.15) is 0 Å². The van der Waals surface area contributed by atoms with E-state index in [0.717, 1.165) is 15.6 Å². The van der Waals surface area contributed by atoms with Crippen molar-refractivity contribution in [3.8, 4) is 10.4 Å². The van der Waals surface area contributed by atoms with Crippen LogP contribution in [0.4, 0.5) is 0 Å². The van der Waals surface area contributed by atoms with E-state index in [1.807, 2.05) is 35.7 Å². The minimum absolute atomic E-state index is 0.108. The molecule has 0 saturated heterocycles. The van der Waals surface area contributed by atoms with Gasteiger partial charge in [0.2, 0.25) is 0 Å². The van der Waals surface area contributed by atoms with E-state index >= 15 is 0 Å². The summed E-state index contributed by atoms with van der Waals surface area (Å²) in [6.07, 6.45) is 0. The molecule has 0 aliphatic heterocycles. The average Bonchev–Trinajstić information content (AvgIpc) is 2.75. The first-order valence-electron chi connectivity index (χ1n) is 4.65. The van der Waals surface area contributed by atoms with Gasteiger partial charge in [0.05, 0.1) is 5.33 Å². The van der Waals surface area contributed by atoms with E-state index in [1.165, 1.54) is 4.88 Å². The fourth-order valence-electron chi connectivity index (χ4n) is 1.38. The van der Waals surface area contributed by atoms with Gasteiger partial charge in [-0.3, -0.25) is 4.79 Å². The second-order valence-electron chi connectivity index (χ2n) is 3.23. The van der Waals surface area contributed by atoms with Crippen LogP contribution < -0.4 is 0 Å². The van der Waals surface area contributed by atoms with Gasteiger partial charge in [0.25, 0.3) is 0 Å². The van der Waals surface area contributed by atoms with Gasteiger partial charge in [-0.1, -0.05) is 40.2 Å². The van der Waals surface area contributed by atoms with Crippen LogP contribution in [0.2, 0.25) is 0 Å². The minimum atomic E-state index is 0.108. The topological polar surface area (TPSA) is 17.1 Å². The smallest absolute Gasteiger partial charge is 0.173 e. The van der Waals surface area contributed by atoms with Gasteiger partial charge in [0.15, 0.2) is 5.78 Å². The molecular formula is C12H8Br2OS. The third kappa shape index (κ3) is 2.44. The summed E-state index contributed by atoms with van der Waals surface area (Å²) in [4.78, 5) is 12.6. The Morgan fingerprint density at radius 2 is 1.88 bits per heavy atom. The normalized spacial score (nSPS) is 10.4. The minimum Gasteiger partial charge on any atom is -0.293 e. The molecular weight excluding hydrogens is 352 g/mol. The number of carbonyl (C=O) groups excluding carboxylic acids is 1. The van der Waals surface area contributed by atoms with Crippen molar-refractivity contribution in [2.24, 2.45) is 0 Å². The fourth-order valence-corrected chi connectivity index (χ4v) is 3.32. The van der Waals surface area contributed by atoms with Crippen molar-refractivity contribution in [2.75, 3.05) is 5.33 Å².